The Bertz CT molecular complexity index is 734. The Hall–Kier alpha value is -2.10. The van der Waals surface area contributed by atoms with Gasteiger partial charge in [-0.2, -0.15) is 0 Å². The van der Waals surface area contributed by atoms with Gasteiger partial charge in [0.1, 0.15) is 5.82 Å². The fraction of sp³-hybridized carbons (Fsp3) is 0.333. The van der Waals surface area contributed by atoms with Crippen molar-refractivity contribution in [2.24, 2.45) is 0 Å². The van der Waals surface area contributed by atoms with Crippen molar-refractivity contribution in [1.29, 1.82) is 0 Å². The number of nitrogens with zero attached hydrogens (tertiary/aromatic N) is 4. The molecule has 4 heteroatoms. The van der Waals surface area contributed by atoms with Crippen molar-refractivity contribution < 1.29 is 0 Å². The molecule has 4 nitrogen and oxygen atoms in total. The van der Waals surface area contributed by atoms with Crippen LogP contribution in [0, 0.1) is 6.92 Å². The first kappa shape index (κ1) is 10.8. The largest absolute Gasteiger partial charge is 0.330 e. The number of imidazole rings is 2. The number of para-hydroxylation sites is 2. The molecule has 0 atom stereocenters. The first-order valence-electron chi connectivity index (χ1n) is 6.75. The summed E-state index contributed by atoms with van der Waals surface area (Å²) in [6, 6.07) is 8.98. The van der Waals surface area contributed by atoms with Gasteiger partial charge < -0.3 is 9.13 Å². The molecule has 4 rings (SSSR count). The number of rotatable bonds is 3. The van der Waals surface area contributed by atoms with Crippen molar-refractivity contribution in [2.45, 2.75) is 32.4 Å². The zero-order valence-electron chi connectivity index (χ0n) is 11.0. The van der Waals surface area contributed by atoms with Crippen LogP contribution in [0.3, 0.4) is 0 Å². The van der Waals surface area contributed by atoms with E-state index in [-0.39, 0.29) is 0 Å². The molecule has 1 saturated carbocycles. The van der Waals surface area contributed by atoms with E-state index in [1.54, 1.807) is 0 Å². The molecule has 3 aromatic rings. The highest BCUT2D eigenvalue weighted by atomic mass is 15.1. The highest BCUT2D eigenvalue weighted by molar-refractivity contribution is 5.75. The van der Waals surface area contributed by atoms with Crippen LogP contribution in [0.5, 0.6) is 0 Å². The lowest BCUT2D eigenvalue weighted by atomic mass is 10.3. The minimum Gasteiger partial charge on any atom is -0.330 e. The number of aromatic nitrogens is 4. The predicted octanol–water partition coefficient (Wildman–Crippen LogP) is 2.92. The number of benzene rings is 1. The van der Waals surface area contributed by atoms with E-state index in [4.69, 9.17) is 0 Å². The van der Waals surface area contributed by atoms with E-state index >= 15 is 0 Å². The molecule has 1 aromatic carbocycles. The summed E-state index contributed by atoms with van der Waals surface area (Å²) in [6.45, 7) is 2.92. The summed E-state index contributed by atoms with van der Waals surface area (Å²) in [6.07, 6.45) is 6.51. The monoisotopic (exact) mass is 252 g/mol. The number of fused-ring (bicyclic) bond motifs is 1. The molecule has 1 fully saturated rings. The Morgan fingerprint density at radius 2 is 2.11 bits per heavy atom. The topological polar surface area (TPSA) is 35.6 Å². The molecule has 0 bridgehead atoms. The molecule has 2 heterocycles. The zero-order valence-corrected chi connectivity index (χ0v) is 11.0. The second-order valence-electron chi connectivity index (χ2n) is 5.26. The summed E-state index contributed by atoms with van der Waals surface area (Å²) in [4.78, 5) is 8.92. The van der Waals surface area contributed by atoms with Crippen molar-refractivity contribution >= 4 is 11.0 Å². The summed E-state index contributed by atoms with van der Waals surface area (Å²) in [5, 5.41) is 0. The summed E-state index contributed by atoms with van der Waals surface area (Å²) >= 11 is 0. The SMILES string of the molecule is Cc1nc2ccccc2n1Cc1cncn1C1CC1. The van der Waals surface area contributed by atoms with Gasteiger partial charge in [-0.05, 0) is 31.9 Å². The Kier molecular flexibility index (Phi) is 2.24. The van der Waals surface area contributed by atoms with Crippen LogP contribution in [-0.4, -0.2) is 19.1 Å². The van der Waals surface area contributed by atoms with Gasteiger partial charge in [0, 0.05) is 12.2 Å². The second-order valence-corrected chi connectivity index (χ2v) is 5.26. The predicted molar refractivity (Wildman–Crippen MR) is 74.1 cm³/mol. The van der Waals surface area contributed by atoms with Gasteiger partial charge >= 0.3 is 0 Å². The standard InChI is InChI=1S/C15H16N4/c1-11-17-14-4-2-3-5-15(14)18(11)9-13-8-16-10-19(13)12-6-7-12/h2-5,8,10,12H,6-7,9H2,1H3. The third-order valence-corrected chi connectivity index (χ3v) is 3.85. The van der Waals surface area contributed by atoms with Gasteiger partial charge in [0.15, 0.2) is 0 Å². The maximum absolute atomic E-state index is 4.62. The Labute approximate surface area is 111 Å². The molecule has 0 unspecified atom stereocenters. The first-order chi connectivity index (χ1) is 9.33. The zero-order chi connectivity index (χ0) is 12.8. The van der Waals surface area contributed by atoms with Crippen molar-refractivity contribution in [3.63, 3.8) is 0 Å². The van der Waals surface area contributed by atoms with Crippen LogP contribution in [0.15, 0.2) is 36.8 Å². The van der Waals surface area contributed by atoms with Crippen LogP contribution >= 0.6 is 0 Å². The smallest absolute Gasteiger partial charge is 0.107 e. The van der Waals surface area contributed by atoms with Gasteiger partial charge in [0.2, 0.25) is 0 Å². The van der Waals surface area contributed by atoms with Crippen LogP contribution in [0.25, 0.3) is 11.0 Å². The molecule has 0 amide bonds. The lowest BCUT2D eigenvalue weighted by molar-refractivity contribution is 0.655. The number of aryl methyl sites for hydroxylation is 1. The minimum atomic E-state index is 0.674. The summed E-state index contributed by atoms with van der Waals surface area (Å²) < 4.78 is 4.58. The fourth-order valence-electron chi connectivity index (χ4n) is 2.69. The van der Waals surface area contributed by atoms with Gasteiger partial charge in [0.25, 0.3) is 0 Å². The molecule has 0 saturated heterocycles. The lowest BCUT2D eigenvalue weighted by Crippen LogP contribution is -2.07. The fourth-order valence-corrected chi connectivity index (χ4v) is 2.69. The van der Waals surface area contributed by atoms with Gasteiger partial charge in [0.05, 0.1) is 29.6 Å². The van der Waals surface area contributed by atoms with Crippen LogP contribution in [0.2, 0.25) is 0 Å². The van der Waals surface area contributed by atoms with Crippen molar-refractivity contribution in [3.8, 4) is 0 Å². The summed E-state index contributed by atoms with van der Waals surface area (Å²) in [7, 11) is 0. The van der Waals surface area contributed by atoms with E-state index in [1.807, 2.05) is 18.6 Å². The summed E-state index contributed by atoms with van der Waals surface area (Å²) in [5.41, 5.74) is 3.54. The van der Waals surface area contributed by atoms with Crippen LogP contribution in [-0.2, 0) is 6.54 Å². The van der Waals surface area contributed by atoms with Crippen molar-refractivity contribution in [3.05, 3.63) is 48.3 Å². The highest BCUT2D eigenvalue weighted by Crippen LogP contribution is 2.35. The third-order valence-electron chi connectivity index (χ3n) is 3.85. The molecular formula is C15H16N4. The van der Waals surface area contributed by atoms with Crippen molar-refractivity contribution in [1.82, 2.24) is 19.1 Å². The van der Waals surface area contributed by atoms with E-state index < -0.39 is 0 Å². The summed E-state index contributed by atoms with van der Waals surface area (Å²) in [5.74, 6) is 1.06. The van der Waals surface area contributed by atoms with Gasteiger partial charge in [-0.3, -0.25) is 0 Å². The van der Waals surface area contributed by atoms with Crippen LogP contribution < -0.4 is 0 Å². The molecule has 0 N–H and O–H groups in total. The maximum Gasteiger partial charge on any atom is 0.107 e. The van der Waals surface area contributed by atoms with Gasteiger partial charge in [-0.25, -0.2) is 9.97 Å². The maximum atomic E-state index is 4.62. The quantitative estimate of drug-likeness (QED) is 0.718. The van der Waals surface area contributed by atoms with E-state index in [0.29, 0.717) is 6.04 Å². The number of hydrogen-bond acceptors (Lipinski definition) is 2. The molecular weight excluding hydrogens is 236 g/mol. The Morgan fingerprint density at radius 1 is 1.26 bits per heavy atom. The molecule has 0 spiro atoms. The molecule has 0 aliphatic heterocycles. The molecule has 2 aromatic heterocycles. The average molecular weight is 252 g/mol. The molecule has 1 aliphatic rings. The second kappa shape index (κ2) is 3.95. The average Bonchev–Trinajstić information content (AvgIpc) is 3.08. The lowest BCUT2D eigenvalue weighted by Gasteiger charge is -2.09. The molecule has 0 radical (unpaired) electrons. The van der Waals surface area contributed by atoms with E-state index in [0.717, 1.165) is 17.9 Å². The van der Waals surface area contributed by atoms with Crippen LogP contribution in [0.1, 0.15) is 30.4 Å². The van der Waals surface area contributed by atoms with Crippen LogP contribution in [0.4, 0.5) is 0 Å². The normalized spacial score (nSPS) is 15.2. The molecule has 1 aliphatic carbocycles. The Morgan fingerprint density at radius 3 is 2.95 bits per heavy atom. The first-order valence-corrected chi connectivity index (χ1v) is 6.75. The van der Waals surface area contributed by atoms with E-state index in [2.05, 4.69) is 44.2 Å². The van der Waals surface area contributed by atoms with Gasteiger partial charge in [-0.15, -0.1) is 0 Å². The molecule has 96 valence electrons. The third kappa shape index (κ3) is 1.75. The van der Waals surface area contributed by atoms with Crippen molar-refractivity contribution in [2.75, 3.05) is 0 Å². The molecule has 19 heavy (non-hydrogen) atoms. The van der Waals surface area contributed by atoms with Gasteiger partial charge in [-0.1, -0.05) is 12.1 Å². The highest BCUT2D eigenvalue weighted by Gasteiger charge is 2.25. The Balaban J connectivity index is 1.78. The minimum absolute atomic E-state index is 0.674. The van der Waals surface area contributed by atoms with E-state index in [9.17, 15) is 0 Å². The van der Waals surface area contributed by atoms with E-state index in [1.165, 1.54) is 24.1 Å². The number of hydrogen-bond donors (Lipinski definition) is 0.